The number of hydrogen-bond acceptors (Lipinski definition) is 3. The number of halogens is 1. The second-order valence-electron chi connectivity index (χ2n) is 3.87. The van der Waals surface area contributed by atoms with Crippen LogP contribution in [-0.4, -0.2) is 15.0 Å². The fourth-order valence-corrected chi connectivity index (χ4v) is 2.02. The van der Waals surface area contributed by atoms with Crippen molar-refractivity contribution in [1.82, 2.24) is 15.0 Å². The maximum Gasteiger partial charge on any atom is 0.135 e. The van der Waals surface area contributed by atoms with E-state index in [1.165, 1.54) is 11.9 Å². The van der Waals surface area contributed by atoms with Crippen molar-refractivity contribution in [3.05, 3.63) is 52.8 Å². The first kappa shape index (κ1) is 12.0. The van der Waals surface area contributed by atoms with Crippen LogP contribution in [0.25, 0.3) is 0 Å². The zero-order valence-electron chi connectivity index (χ0n) is 9.73. The summed E-state index contributed by atoms with van der Waals surface area (Å²) in [6.07, 6.45) is 7.84. The van der Waals surface area contributed by atoms with E-state index in [0.717, 1.165) is 30.5 Å². The molecule has 0 spiro atoms. The second kappa shape index (κ2) is 5.73. The molecule has 0 bridgehead atoms. The van der Waals surface area contributed by atoms with Crippen LogP contribution < -0.4 is 0 Å². The van der Waals surface area contributed by atoms with Crippen molar-refractivity contribution < 1.29 is 0 Å². The van der Waals surface area contributed by atoms with E-state index < -0.39 is 0 Å². The molecule has 17 heavy (non-hydrogen) atoms. The zero-order valence-corrected chi connectivity index (χ0v) is 10.5. The third-order valence-electron chi connectivity index (χ3n) is 2.60. The maximum atomic E-state index is 6.11. The van der Waals surface area contributed by atoms with Crippen molar-refractivity contribution in [3.63, 3.8) is 0 Å². The molecule has 2 rings (SSSR count). The summed E-state index contributed by atoms with van der Waals surface area (Å²) in [4.78, 5) is 12.4. The molecule has 2 heterocycles. The quantitative estimate of drug-likeness (QED) is 0.780. The number of nitrogens with zero attached hydrogens (tertiary/aromatic N) is 3. The van der Waals surface area contributed by atoms with Gasteiger partial charge in [0.05, 0.1) is 5.69 Å². The van der Waals surface area contributed by atoms with E-state index in [1.807, 2.05) is 12.1 Å². The molecule has 0 N–H and O–H groups in total. The monoisotopic (exact) mass is 247 g/mol. The van der Waals surface area contributed by atoms with E-state index in [0.29, 0.717) is 5.15 Å². The fraction of sp³-hybridized carbons (Fsp3) is 0.308. The van der Waals surface area contributed by atoms with Gasteiger partial charge in [-0.2, -0.15) is 0 Å². The Morgan fingerprint density at radius 3 is 2.65 bits per heavy atom. The Balaban J connectivity index is 2.29. The minimum Gasteiger partial charge on any atom is -0.265 e. The SMILES string of the molecule is CCCc1c(Cl)ncnc1Cc1ccncc1. The molecule has 3 nitrogen and oxygen atoms in total. The molecule has 0 saturated carbocycles. The molecular weight excluding hydrogens is 234 g/mol. The molecule has 0 fully saturated rings. The standard InChI is InChI=1S/C13H14ClN3/c1-2-3-11-12(16-9-17-13(11)14)8-10-4-6-15-7-5-10/h4-7,9H,2-3,8H2,1H3. The summed E-state index contributed by atoms with van der Waals surface area (Å²) < 4.78 is 0. The molecule has 2 aromatic rings. The van der Waals surface area contributed by atoms with E-state index in [4.69, 9.17) is 11.6 Å². The molecule has 0 aliphatic heterocycles. The first-order chi connectivity index (χ1) is 8.31. The Morgan fingerprint density at radius 1 is 1.18 bits per heavy atom. The molecule has 0 amide bonds. The van der Waals surface area contributed by atoms with Crippen LogP contribution in [0.2, 0.25) is 5.15 Å². The van der Waals surface area contributed by atoms with Crippen molar-refractivity contribution in [2.75, 3.05) is 0 Å². The average Bonchev–Trinajstić information content (AvgIpc) is 2.35. The van der Waals surface area contributed by atoms with Crippen LogP contribution in [0.1, 0.15) is 30.2 Å². The van der Waals surface area contributed by atoms with E-state index in [2.05, 4.69) is 21.9 Å². The van der Waals surface area contributed by atoms with Gasteiger partial charge in [0.15, 0.2) is 0 Å². The lowest BCUT2D eigenvalue weighted by molar-refractivity contribution is 0.866. The third-order valence-corrected chi connectivity index (χ3v) is 2.93. The molecule has 88 valence electrons. The van der Waals surface area contributed by atoms with Crippen LogP contribution in [0.4, 0.5) is 0 Å². The highest BCUT2D eigenvalue weighted by molar-refractivity contribution is 6.30. The molecule has 0 atom stereocenters. The Morgan fingerprint density at radius 2 is 1.94 bits per heavy atom. The van der Waals surface area contributed by atoms with Gasteiger partial charge >= 0.3 is 0 Å². The van der Waals surface area contributed by atoms with E-state index in [-0.39, 0.29) is 0 Å². The summed E-state index contributed by atoms with van der Waals surface area (Å²) in [6.45, 7) is 2.12. The summed E-state index contributed by atoms with van der Waals surface area (Å²) in [6, 6.07) is 3.98. The van der Waals surface area contributed by atoms with Crippen LogP contribution >= 0.6 is 11.6 Å². The van der Waals surface area contributed by atoms with Crippen LogP contribution in [0, 0.1) is 0 Å². The van der Waals surface area contributed by atoms with Gasteiger partial charge in [0.2, 0.25) is 0 Å². The second-order valence-corrected chi connectivity index (χ2v) is 4.23. The molecule has 0 aliphatic rings. The van der Waals surface area contributed by atoms with E-state index >= 15 is 0 Å². The van der Waals surface area contributed by atoms with Crippen molar-refractivity contribution in [2.24, 2.45) is 0 Å². The fourth-order valence-electron chi connectivity index (χ4n) is 1.77. The molecule has 0 aliphatic carbocycles. The summed E-state index contributed by atoms with van der Waals surface area (Å²) in [5.74, 6) is 0. The largest absolute Gasteiger partial charge is 0.265 e. The predicted octanol–water partition coefficient (Wildman–Crippen LogP) is 3.07. The Kier molecular flexibility index (Phi) is 4.04. The van der Waals surface area contributed by atoms with Crippen LogP contribution in [0.15, 0.2) is 30.9 Å². The van der Waals surface area contributed by atoms with Gasteiger partial charge in [0.25, 0.3) is 0 Å². The molecule has 0 saturated heterocycles. The van der Waals surface area contributed by atoms with Gasteiger partial charge in [0.1, 0.15) is 11.5 Å². The van der Waals surface area contributed by atoms with Gasteiger partial charge in [-0.05, 0) is 24.1 Å². The van der Waals surface area contributed by atoms with Gasteiger partial charge in [-0.1, -0.05) is 24.9 Å². The highest BCUT2D eigenvalue weighted by Gasteiger charge is 2.09. The van der Waals surface area contributed by atoms with Crippen LogP contribution in [-0.2, 0) is 12.8 Å². The van der Waals surface area contributed by atoms with Gasteiger partial charge < -0.3 is 0 Å². The zero-order chi connectivity index (χ0) is 12.1. The smallest absolute Gasteiger partial charge is 0.135 e. The number of hydrogen-bond donors (Lipinski definition) is 0. The lowest BCUT2D eigenvalue weighted by Gasteiger charge is -2.08. The molecule has 0 unspecified atom stereocenters. The van der Waals surface area contributed by atoms with Crippen LogP contribution in [0.3, 0.4) is 0 Å². The summed E-state index contributed by atoms with van der Waals surface area (Å²) in [5.41, 5.74) is 3.26. The summed E-state index contributed by atoms with van der Waals surface area (Å²) in [5, 5.41) is 0.575. The molecule has 4 heteroatoms. The molecule has 0 aromatic carbocycles. The molecule has 0 radical (unpaired) electrons. The lowest BCUT2D eigenvalue weighted by atomic mass is 10.0. The van der Waals surface area contributed by atoms with Gasteiger partial charge in [-0.15, -0.1) is 0 Å². The Bertz CT molecular complexity index is 485. The van der Waals surface area contributed by atoms with Crippen molar-refractivity contribution >= 4 is 11.6 Å². The van der Waals surface area contributed by atoms with Gasteiger partial charge in [-0.25, -0.2) is 9.97 Å². The molecule has 2 aromatic heterocycles. The number of rotatable bonds is 4. The lowest BCUT2D eigenvalue weighted by Crippen LogP contribution is -2.01. The van der Waals surface area contributed by atoms with Crippen LogP contribution in [0.5, 0.6) is 0 Å². The minimum atomic E-state index is 0.575. The number of pyridine rings is 1. The topological polar surface area (TPSA) is 38.7 Å². The highest BCUT2D eigenvalue weighted by atomic mass is 35.5. The third kappa shape index (κ3) is 3.01. The van der Waals surface area contributed by atoms with E-state index in [9.17, 15) is 0 Å². The molecular formula is C13H14ClN3. The Labute approximate surface area is 106 Å². The normalized spacial score (nSPS) is 10.5. The minimum absolute atomic E-state index is 0.575. The average molecular weight is 248 g/mol. The first-order valence-corrected chi connectivity index (χ1v) is 6.06. The van der Waals surface area contributed by atoms with Crippen molar-refractivity contribution in [1.29, 1.82) is 0 Å². The van der Waals surface area contributed by atoms with Crippen molar-refractivity contribution in [3.8, 4) is 0 Å². The van der Waals surface area contributed by atoms with E-state index in [1.54, 1.807) is 12.4 Å². The number of aromatic nitrogens is 3. The van der Waals surface area contributed by atoms with Gasteiger partial charge in [0, 0.05) is 24.4 Å². The first-order valence-electron chi connectivity index (χ1n) is 5.68. The summed E-state index contributed by atoms with van der Waals surface area (Å²) in [7, 11) is 0. The predicted molar refractivity (Wildman–Crippen MR) is 68.1 cm³/mol. The highest BCUT2D eigenvalue weighted by Crippen LogP contribution is 2.19. The van der Waals surface area contributed by atoms with Crippen molar-refractivity contribution in [2.45, 2.75) is 26.2 Å². The maximum absolute atomic E-state index is 6.11. The summed E-state index contributed by atoms with van der Waals surface area (Å²) >= 11 is 6.11. The Hall–Kier alpha value is -1.48. The van der Waals surface area contributed by atoms with Gasteiger partial charge in [-0.3, -0.25) is 4.98 Å².